The molecular weight excluding hydrogens is 228 g/mol. The Kier molecular flexibility index (Phi) is 4.56. The molecule has 0 aliphatic carbocycles. The molecule has 0 saturated carbocycles. The van der Waals surface area contributed by atoms with Crippen LogP contribution < -0.4 is 5.32 Å². The molecule has 0 aliphatic rings. The average Bonchev–Trinajstić information content (AvgIpc) is 2.30. The maximum atomic E-state index is 9.18. The Morgan fingerprint density at radius 2 is 2.25 bits per heavy atom. The second-order valence-electron chi connectivity index (χ2n) is 3.43. The van der Waals surface area contributed by atoms with E-state index in [1.54, 1.807) is 19.1 Å². The monoisotopic (exact) mass is 240 g/mol. The van der Waals surface area contributed by atoms with E-state index in [9.17, 15) is 5.11 Å². The summed E-state index contributed by atoms with van der Waals surface area (Å²) in [5, 5.41) is 30.0. The van der Waals surface area contributed by atoms with Gasteiger partial charge in [0.1, 0.15) is 6.07 Å². The fourth-order valence-corrected chi connectivity index (χ4v) is 1.46. The van der Waals surface area contributed by atoms with Crippen molar-refractivity contribution in [3.8, 4) is 6.07 Å². The summed E-state index contributed by atoms with van der Waals surface area (Å²) in [6.45, 7) is 1.73. The Hall–Kier alpha value is -1.28. The molecule has 0 aromatic heterocycles. The largest absolute Gasteiger partial charge is 0.394 e. The predicted octanol–water partition coefficient (Wildman–Crippen LogP) is 1.29. The van der Waals surface area contributed by atoms with Gasteiger partial charge in [0, 0.05) is 12.2 Å². The van der Waals surface area contributed by atoms with Gasteiger partial charge in [0.05, 0.1) is 23.3 Å². The first-order valence-electron chi connectivity index (χ1n) is 4.82. The van der Waals surface area contributed by atoms with Gasteiger partial charge in [0.25, 0.3) is 0 Å². The third kappa shape index (κ3) is 2.86. The Morgan fingerprint density at radius 3 is 2.81 bits per heavy atom. The molecule has 0 saturated heterocycles. The number of nitrogens with one attached hydrogen (secondary N) is 1. The maximum absolute atomic E-state index is 9.18. The van der Waals surface area contributed by atoms with Gasteiger partial charge in [-0.05, 0) is 24.6 Å². The molecule has 5 heteroatoms. The number of nitriles is 1. The molecule has 3 N–H and O–H groups in total. The van der Waals surface area contributed by atoms with E-state index in [1.165, 1.54) is 0 Å². The molecular formula is C11H13ClN2O2. The first kappa shape index (κ1) is 12.8. The summed E-state index contributed by atoms with van der Waals surface area (Å²) in [7, 11) is 0. The summed E-state index contributed by atoms with van der Waals surface area (Å²) in [5.41, 5.74) is 1.93. The van der Waals surface area contributed by atoms with Crippen molar-refractivity contribution in [2.24, 2.45) is 0 Å². The fraction of sp³-hybridized carbons (Fsp3) is 0.364. The van der Waals surface area contributed by atoms with Crippen molar-refractivity contribution in [3.63, 3.8) is 0 Å². The van der Waals surface area contributed by atoms with Crippen LogP contribution in [-0.2, 0) is 0 Å². The SMILES string of the molecule is Cc1c(NCC(O)CO)ccc(C#N)c1Cl. The second kappa shape index (κ2) is 5.71. The number of nitrogens with zero attached hydrogens (tertiary/aromatic N) is 1. The van der Waals surface area contributed by atoms with E-state index in [4.69, 9.17) is 22.0 Å². The van der Waals surface area contributed by atoms with Crippen molar-refractivity contribution in [1.82, 2.24) is 0 Å². The van der Waals surface area contributed by atoms with E-state index in [0.717, 1.165) is 11.3 Å². The van der Waals surface area contributed by atoms with Crippen LogP contribution >= 0.6 is 11.6 Å². The molecule has 4 nitrogen and oxygen atoms in total. The van der Waals surface area contributed by atoms with Gasteiger partial charge >= 0.3 is 0 Å². The van der Waals surface area contributed by atoms with Gasteiger partial charge in [-0.15, -0.1) is 0 Å². The lowest BCUT2D eigenvalue weighted by Crippen LogP contribution is -2.23. The fourth-order valence-electron chi connectivity index (χ4n) is 1.26. The van der Waals surface area contributed by atoms with Crippen LogP contribution in [-0.4, -0.2) is 29.5 Å². The molecule has 0 radical (unpaired) electrons. The number of aliphatic hydroxyl groups excluding tert-OH is 2. The van der Waals surface area contributed by atoms with E-state index in [-0.39, 0.29) is 13.2 Å². The number of anilines is 1. The van der Waals surface area contributed by atoms with Crippen molar-refractivity contribution < 1.29 is 10.2 Å². The van der Waals surface area contributed by atoms with Crippen LogP contribution in [0.15, 0.2) is 12.1 Å². The number of halogens is 1. The molecule has 86 valence electrons. The topological polar surface area (TPSA) is 76.3 Å². The zero-order valence-corrected chi connectivity index (χ0v) is 9.62. The van der Waals surface area contributed by atoms with Gasteiger partial charge in [-0.25, -0.2) is 0 Å². The first-order valence-corrected chi connectivity index (χ1v) is 5.20. The zero-order chi connectivity index (χ0) is 12.1. The highest BCUT2D eigenvalue weighted by atomic mass is 35.5. The summed E-state index contributed by atoms with van der Waals surface area (Å²) in [6, 6.07) is 5.33. The third-order valence-corrected chi connectivity index (χ3v) is 2.73. The minimum atomic E-state index is -0.811. The maximum Gasteiger partial charge on any atom is 0.101 e. The van der Waals surface area contributed by atoms with Crippen molar-refractivity contribution in [2.75, 3.05) is 18.5 Å². The Bertz CT molecular complexity index is 415. The normalized spacial score (nSPS) is 11.9. The molecule has 1 atom stereocenters. The molecule has 0 amide bonds. The van der Waals surface area contributed by atoms with E-state index in [2.05, 4.69) is 5.32 Å². The van der Waals surface area contributed by atoms with Crippen molar-refractivity contribution in [1.29, 1.82) is 5.26 Å². The van der Waals surface area contributed by atoms with Crippen LogP contribution in [0.2, 0.25) is 5.02 Å². The number of hydrogen-bond donors (Lipinski definition) is 3. The molecule has 0 bridgehead atoms. The summed E-state index contributed by atoms with van der Waals surface area (Å²) in [5.74, 6) is 0. The van der Waals surface area contributed by atoms with Gasteiger partial charge in [-0.2, -0.15) is 5.26 Å². The number of hydrogen-bond acceptors (Lipinski definition) is 4. The Balaban J connectivity index is 2.84. The molecule has 1 aromatic carbocycles. The lowest BCUT2D eigenvalue weighted by molar-refractivity contribution is 0.105. The van der Waals surface area contributed by atoms with Crippen LogP contribution in [0.3, 0.4) is 0 Å². The molecule has 0 aliphatic heterocycles. The summed E-state index contributed by atoms with van der Waals surface area (Å²) in [4.78, 5) is 0. The number of rotatable bonds is 4. The lowest BCUT2D eigenvalue weighted by Gasteiger charge is -2.13. The highest BCUT2D eigenvalue weighted by molar-refractivity contribution is 6.32. The summed E-state index contributed by atoms with van der Waals surface area (Å²) < 4.78 is 0. The zero-order valence-electron chi connectivity index (χ0n) is 8.87. The quantitative estimate of drug-likeness (QED) is 0.741. The van der Waals surface area contributed by atoms with Crippen LogP contribution in [0.4, 0.5) is 5.69 Å². The Labute approximate surface area is 99.1 Å². The van der Waals surface area contributed by atoms with E-state index >= 15 is 0 Å². The second-order valence-corrected chi connectivity index (χ2v) is 3.81. The molecule has 1 unspecified atom stereocenters. The van der Waals surface area contributed by atoms with Crippen molar-refractivity contribution >= 4 is 17.3 Å². The molecule has 1 rings (SSSR count). The smallest absolute Gasteiger partial charge is 0.101 e. The molecule has 1 aromatic rings. The Morgan fingerprint density at radius 1 is 1.56 bits per heavy atom. The minimum Gasteiger partial charge on any atom is -0.394 e. The molecule has 0 heterocycles. The number of aliphatic hydroxyl groups is 2. The van der Waals surface area contributed by atoms with Gasteiger partial charge < -0.3 is 15.5 Å². The lowest BCUT2D eigenvalue weighted by atomic mass is 10.1. The molecule has 16 heavy (non-hydrogen) atoms. The highest BCUT2D eigenvalue weighted by Gasteiger charge is 2.08. The van der Waals surface area contributed by atoms with Gasteiger partial charge in [-0.1, -0.05) is 11.6 Å². The van der Waals surface area contributed by atoms with E-state index in [1.807, 2.05) is 6.07 Å². The van der Waals surface area contributed by atoms with E-state index in [0.29, 0.717) is 10.6 Å². The number of benzene rings is 1. The minimum absolute atomic E-state index is 0.236. The molecule has 0 fully saturated rings. The van der Waals surface area contributed by atoms with E-state index < -0.39 is 6.10 Å². The van der Waals surface area contributed by atoms with Gasteiger partial charge in [-0.3, -0.25) is 0 Å². The highest BCUT2D eigenvalue weighted by Crippen LogP contribution is 2.26. The van der Waals surface area contributed by atoms with Crippen molar-refractivity contribution in [3.05, 3.63) is 28.3 Å². The van der Waals surface area contributed by atoms with Crippen LogP contribution in [0.1, 0.15) is 11.1 Å². The standard InChI is InChI=1S/C11H13ClN2O2/c1-7-10(14-5-9(16)6-15)3-2-8(4-13)11(7)12/h2-3,9,14-16H,5-6H2,1H3. The van der Waals surface area contributed by atoms with Gasteiger partial charge in [0.15, 0.2) is 0 Å². The average molecular weight is 241 g/mol. The third-order valence-electron chi connectivity index (χ3n) is 2.25. The van der Waals surface area contributed by atoms with Gasteiger partial charge in [0.2, 0.25) is 0 Å². The summed E-state index contributed by atoms with van der Waals surface area (Å²) in [6.07, 6.45) is -0.811. The van der Waals surface area contributed by atoms with Crippen LogP contribution in [0.25, 0.3) is 0 Å². The molecule has 0 spiro atoms. The predicted molar refractivity (Wildman–Crippen MR) is 62.5 cm³/mol. The van der Waals surface area contributed by atoms with Crippen LogP contribution in [0, 0.1) is 18.3 Å². The van der Waals surface area contributed by atoms with Crippen LogP contribution in [0.5, 0.6) is 0 Å². The first-order chi connectivity index (χ1) is 7.60. The summed E-state index contributed by atoms with van der Waals surface area (Å²) >= 11 is 5.97. The van der Waals surface area contributed by atoms with Crippen molar-refractivity contribution in [2.45, 2.75) is 13.0 Å².